The smallest absolute Gasteiger partial charge is 0.207 e. The lowest BCUT2D eigenvalue weighted by Crippen LogP contribution is -2.31. The Labute approximate surface area is 114 Å². The lowest BCUT2D eigenvalue weighted by Gasteiger charge is -2.06. The maximum Gasteiger partial charge on any atom is 0.243 e. The van der Waals surface area contributed by atoms with Crippen molar-refractivity contribution in [1.82, 2.24) is 4.72 Å². The molecular formula is C11H9ClN2O2S2. The third-order valence-electron chi connectivity index (χ3n) is 2.32. The first kappa shape index (κ1) is 13.3. The number of hydrogen-bond donors (Lipinski definition) is 1. The maximum atomic E-state index is 12.1. The fourth-order valence-electron chi connectivity index (χ4n) is 1.51. The van der Waals surface area contributed by atoms with Crippen molar-refractivity contribution < 1.29 is 8.42 Å². The lowest BCUT2D eigenvalue weighted by atomic mass is 10.3. The second kappa shape index (κ2) is 4.86. The van der Waals surface area contributed by atoms with Crippen molar-refractivity contribution in [1.29, 1.82) is 5.26 Å². The van der Waals surface area contributed by atoms with E-state index in [9.17, 15) is 8.42 Å². The summed E-state index contributed by atoms with van der Waals surface area (Å²) in [6.07, 6.45) is 0. The number of fused-ring (bicyclic) bond motifs is 1. The molecule has 0 radical (unpaired) electrons. The Balaban J connectivity index is 2.55. The van der Waals surface area contributed by atoms with Crippen molar-refractivity contribution in [2.75, 3.05) is 0 Å². The van der Waals surface area contributed by atoms with Crippen LogP contribution in [-0.4, -0.2) is 14.5 Å². The summed E-state index contributed by atoms with van der Waals surface area (Å²) in [6.45, 7) is 1.49. The number of thiophene rings is 1. The van der Waals surface area contributed by atoms with Gasteiger partial charge in [-0.2, -0.15) is 9.98 Å². The number of nitriles is 1. The Kier molecular flexibility index (Phi) is 3.59. The largest absolute Gasteiger partial charge is 0.243 e. The van der Waals surface area contributed by atoms with Gasteiger partial charge in [0.05, 0.1) is 6.07 Å². The van der Waals surface area contributed by atoms with Crippen molar-refractivity contribution >= 4 is 43.0 Å². The summed E-state index contributed by atoms with van der Waals surface area (Å²) in [5.41, 5.74) is 0. The molecule has 1 aromatic carbocycles. The first-order valence-electron chi connectivity index (χ1n) is 5.03. The molecule has 0 bridgehead atoms. The Hall–Kier alpha value is -1.13. The third-order valence-corrected chi connectivity index (χ3v) is 5.24. The van der Waals surface area contributed by atoms with Crippen LogP contribution >= 0.6 is 22.9 Å². The highest BCUT2D eigenvalue weighted by Gasteiger charge is 2.21. The highest BCUT2D eigenvalue weighted by Crippen LogP contribution is 2.31. The van der Waals surface area contributed by atoms with Gasteiger partial charge in [0, 0.05) is 20.5 Å². The van der Waals surface area contributed by atoms with Gasteiger partial charge in [-0.25, -0.2) is 8.42 Å². The summed E-state index contributed by atoms with van der Waals surface area (Å²) in [6, 6.07) is 6.15. The highest BCUT2D eigenvalue weighted by atomic mass is 35.5. The van der Waals surface area contributed by atoms with E-state index in [0.29, 0.717) is 10.4 Å². The third kappa shape index (κ3) is 2.49. The number of benzene rings is 1. The van der Waals surface area contributed by atoms with Crippen LogP contribution in [0.5, 0.6) is 0 Å². The van der Waals surface area contributed by atoms with Crippen molar-refractivity contribution in [3.8, 4) is 6.07 Å². The summed E-state index contributed by atoms with van der Waals surface area (Å²) >= 11 is 7.19. The van der Waals surface area contributed by atoms with E-state index >= 15 is 0 Å². The molecule has 7 heteroatoms. The molecule has 0 spiro atoms. The maximum absolute atomic E-state index is 12.1. The molecule has 18 heavy (non-hydrogen) atoms. The van der Waals surface area contributed by atoms with E-state index in [2.05, 4.69) is 4.72 Å². The predicted octanol–water partition coefficient (Wildman–Crippen LogP) is 2.75. The molecule has 1 N–H and O–H groups in total. The Morgan fingerprint density at radius 1 is 1.50 bits per heavy atom. The number of nitrogens with zero attached hydrogens (tertiary/aromatic N) is 1. The highest BCUT2D eigenvalue weighted by molar-refractivity contribution is 7.90. The van der Waals surface area contributed by atoms with Crippen LogP contribution in [0.4, 0.5) is 0 Å². The summed E-state index contributed by atoms with van der Waals surface area (Å²) in [7, 11) is -3.69. The monoisotopic (exact) mass is 300 g/mol. The van der Waals surface area contributed by atoms with Gasteiger partial charge in [-0.1, -0.05) is 11.6 Å². The van der Waals surface area contributed by atoms with E-state index in [-0.39, 0.29) is 4.90 Å². The Morgan fingerprint density at radius 2 is 2.22 bits per heavy atom. The summed E-state index contributed by atoms with van der Waals surface area (Å²) in [4.78, 5) is 0.159. The molecule has 1 heterocycles. The Bertz CT molecular complexity index is 731. The average molecular weight is 301 g/mol. The molecule has 1 atom stereocenters. The van der Waals surface area contributed by atoms with Crippen molar-refractivity contribution in [3.63, 3.8) is 0 Å². The number of hydrogen-bond acceptors (Lipinski definition) is 4. The molecule has 0 fully saturated rings. The molecule has 0 saturated carbocycles. The molecule has 2 rings (SSSR count). The molecule has 4 nitrogen and oxygen atoms in total. The van der Waals surface area contributed by atoms with Gasteiger partial charge in [0.15, 0.2) is 0 Å². The number of rotatable bonds is 3. The summed E-state index contributed by atoms with van der Waals surface area (Å²) < 4.78 is 27.3. The van der Waals surface area contributed by atoms with E-state index < -0.39 is 16.1 Å². The van der Waals surface area contributed by atoms with Gasteiger partial charge < -0.3 is 0 Å². The van der Waals surface area contributed by atoms with Crippen LogP contribution in [0.2, 0.25) is 5.02 Å². The molecule has 1 aromatic heterocycles. The molecule has 2 aromatic rings. The van der Waals surface area contributed by atoms with Gasteiger partial charge in [-0.05, 0) is 25.1 Å². The van der Waals surface area contributed by atoms with Crippen molar-refractivity contribution in [2.45, 2.75) is 17.9 Å². The fourth-order valence-corrected chi connectivity index (χ4v) is 4.30. The summed E-state index contributed by atoms with van der Waals surface area (Å²) in [5, 5.41) is 11.3. The second-order valence-corrected chi connectivity index (χ2v) is 6.74. The van der Waals surface area contributed by atoms with Crippen LogP contribution < -0.4 is 4.72 Å². The van der Waals surface area contributed by atoms with E-state index in [1.165, 1.54) is 18.3 Å². The quantitative estimate of drug-likeness (QED) is 0.947. The fraction of sp³-hybridized carbons (Fsp3) is 0.182. The zero-order chi connectivity index (χ0) is 13.3. The van der Waals surface area contributed by atoms with Crippen LogP contribution in [0.3, 0.4) is 0 Å². The minimum atomic E-state index is -3.69. The van der Waals surface area contributed by atoms with Gasteiger partial charge in [-0.3, -0.25) is 0 Å². The lowest BCUT2D eigenvalue weighted by molar-refractivity contribution is 0.578. The normalized spacial score (nSPS) is 13.4. The molecule has 0 amide bonds. The molecule has 0 aliphatic heterocycles. The molecule has 0 aliphatic rings. The Morgan fingerprint density at radius 3 is 2.89 bits per heavy atom. The van der Waals surface area contributed by atoms with Gasteiger partial charge in [0.2, 0.25) is 10.0 Å². The number of nitrogens with one attached hydrogen (secondary N) is 1. The van der Waals surface area contributed by atoms with Crippen molar-refractivity contribution in [3.05, 3.63) is 28.6 Å². The average Bonchev–Trinajstić information content (AvgIpc) is 2.71. The van der Waals surface area contributed by atoms with Crippen LogP contribution in [-0.2, 0) is 10.0 Å². The first-order valence-corrected chi connectivity index (χ1v) is 7.77. The number of sulfonamides is 1. The van der Waals surface area contributed by atoms with Crippen LogP contribution in [0.25, 0.3) is 10.1 Å². The molecule has 1 unspecified atom stereocenters. The van der Waals surface area contributed by atoms with Crippen LogP contribution in [0, 0.1) is 11.3 Å². The topological polar surface area (TPSA) is 70.0 Å². The predicted molar refractivity (Wildman–Crippen MR) is 72.2 cm³/mol. The zero-order valence-corrected chi connectivity index (χ0v) is 11.7. The van der Waals surface area contributed by atoms with E-state index in [0.717, 1.165) is 4.70 Å². The van der Waals surface area contributed by atoms with E-state index in [1.807, 2.05) is 6.07 Å². The van der Waals surface area contributed by atoms with Crippen LogP contribution in [0.1, 0.15) is 6.92 Å². The van der Waals surface area contributed by atoms with Crippen molar-refractivity contribution in [2.24, 2.45) is 0 Å². The zero-order valence-electron chi connectivity index (χ0n) is 9.34. The molecule has 0 saturated heterocycles. The minimum absolute atomic E-state index is 0.159. The summed E-state index contributed by atoms with van der Waals surface area (Å²) in [5.74, 6) is 0. The van der Waals surface area contributed by atoms with Gasteiger partial charge in [0.1, 0.15) is 10.9 Å². The minimum Gasteiger partial charge on any atom is -0.207 e. The van der Waals surface area contributed by atoms with E-state index in [4.69, 9.17) is 16.9 Å². The standard InChI is InChI=1S/C11H9ClN2O2S2/c1-7(5-13)14-18(15,16)11-6-17-10-3-2-8(12)4-9(10)11/h2-4,6-7,14H,1H3. The van der Waals surface area contributed by atoms with Gasteiger partial charge in [0.25, 0.3) is 0 Å². The van der Waals surface area contributed by atoms with Gasteiger partial charge >= 0.3 is 0 Å². The number of halogens is 1. The molecule has 0 aliphatic carbocycles. The first-order chi connectivity index (χ1) is 8.44. The van der Waals surface area contributed by atoms with E-state index in [1.54, 1.807) is 23.6 Å². The molecule has 94 valence electrons. The van der Waals surface area contributed by atoms with Gasteiger partial charge in [-0.15, -0.1) is 11.3 Å². The second-order valence-electron chi connectivity index (χ2n) is 3.71. The SMILES string of the molecule is CC(C#N)NS(=O)(=O)c1csc2ccc(Cl)cc12. The van der Waals surface area contributed by atoms with Crippen LogP contribution in [0.15, 0.2) is 28.5 Å². The molecular weight excluding hydrogens is 292 g/mol.